The van der Waals surface area contributed by atoms with E-state index in [1.54, 1.807) is 16.7 Å². The maximum atomic E-state index is 12.4. The molecule has 3 atom stereocenters. The second-order valence-electron chi connectivity index (χ2n) is 5.38. The van der Waals surface area contributed by atoms with Gasteiger partial charge in [-0.2, -0.15) is 0 Å². The zero-order valence-corrected chi connectivity index (χ0v) is 12.7. The molecule has 0 aromatic carbocycles. The Kier molecular flexibility index (Phi) is 5.72. The van der Waals surface area contributed by atoms with Crippen molar-refractivity contribution in [3.8, 4) is 0 Å². The van der Waals surface area contributed by atoms with Gasteiger partial charge in [0.15, 0.2) is 0 Å². The van der Waals surface area contributed by atoms with Crippen LogP contribution in [-0.4, -0.2) is 51.8 Å². The van der Waals surface area contributed by atoms with Crippen LogP contribution in [0.4, 0.5) is 0 Å². The molecule has 0 aromatic rings. The Morgan fingerprint density at radius 1 is 1.40 bits per heavy atom. The van der Waals surface area contributed by atoms with Crippen molar-refractivity contribution in [1.29, 1.82) is 0 Å². The zero-order chi connectivity index (χ0) is 14.5. The summed E-state index contributed by atoms with van der Waals surface area (Å²) in [6.45, 7) is 2.78. The number of ether oxygens (including phenoxy) is 1. The molecule has 0 spiro atoms. The summed E-state index contributed by atoms with van der Waals surface area (Å²) < 4.78 is 5.63. The first kappa shape index (κ1) is 15.6. The first-order valence-electron chi connectivity index (χ1n) is 7.40. The summed E-state index contributed by atoms with van der Waals surface area (Å²) in [5, 5.41) is 9.24. The van der Waals surface area contributed by atoms with E-state index in [1.807, 2.05) is 6.92 Å². The number of thioether (sulfide) groups is 1. The molecule has 0 bridgehead atoms. The largest absolute Gasteiger partial charge is 0.480 e. The van der Waals surface area contributed by atoms with E-state index in [-0.39, 0.29) is 17.4 Å². The maximum absolute atomic E-state index is 12.4. The molecular weight excluding hydrogens is 278 g/mol. The second-order valence-corrected chi connectivity index (χ2v) is 6.59. The average Bonchev–Trinajstić information content (AvgIpc) is 2.90. The number of amides is 1. The average molecular weight is 301 g/mol. The van der Waals surface area contributed by atoms with Crippen LogP contribution in [0, 0.1) is 0 Å². The molecule has 0 radical (unpaired) electrons. The molecule has 6 heteroatoms. The fraction of sp³-hybridized carbons (Fsp3) is 0.857. The first-order valence-corrected chi connectivity index (χ1v) is 8.45. The number of carboxylic acid groups (broad SMARTS) is 1. The molecule has 2 aliphatic heterocycles. The van der Waals surface area contributed by atoms with Gasteiger partial charge in [0.25, 0.3) is 0 Å². The molecule has 0 saturated carbocycles. The minimum atomic E-state index is -0.893. The molecule has 2 heterocycles. The predicted molar refractivity (Wildman–Crippen MR) is 77.6 cm³/mol. The van der Waals surface area contributed by atoms with Crippen LogP contribution in [0.2, 0.25) is 0 Å². The Balaban J connectivity index is 1.89. The molecule has 1 amide bonds. The fourth-order valence-corrected chi connectivity index (χ4v) is 4.22. The summed E-state index contributed by atoms with van der Waals surface area (Å²) in [5.74, 6) is -0.432. The minimum Gasteiger partial charge on any atom is -0.480 e. The number of aliphatic carboxylic acids is 1. The summed E-state index contributed by atoms with van der Waals surface area (Å²) in [4.78, 5) is 25.2. The van der Waals surface area contributed by atoms with Gasteiger partial charge in [-0.05, 0) is 32.1 Å². The van der Waals surface area contributed by atoms with Crippen LogP contribution in [-0.2, 0) is 14.3 Å². The third kappa shape index (κ3) is 3.67. The zero-order valence-electron chi connectivity index (χ0n) is 11.9. The Morgan fingerprint density at radius 2 is 2.20 bits per heavy atom. The molecule has 5 nitrogen and oxygen atoms in total. The van der Waals surface area contributed by atoms with Gasteiger partial charge in [-0.15, -0.1) is 11.8 Å². The van der Waals surface area contributed by atoms with Crippen LogP contribution in [0.1, 0.15) is 45.4 Å². The number of carbonyl (C=O) groups excluding carboxylic acids is 1. The van der Waals surface area contributed by atoms with Crippen LogP contribution in [0.5, 0.6) is 0 Å². The highest BCUT2D eigenvalue weighted by Crippen LogP contribution is 2.32. The van der Waals surface area contributed by atoms with E-state index in [0.717, 1.165) is 32.3 Å². The molecule has 20 heavy (non-hydrogen) atoms. The van der Waals surface area contributed by atoms with Gasteiger partial charge in [-0.3, -0.25) is 4.79 Å². The van der Waals surface area contributed by atoms with Crippen LogP contribution in [0.25, 0.3) is 0 Å². The number of nitrogens with zero attached hydrogens (tertiary/aromatic N) is 1. The standard InChI is InChI=1S/C14H23NO4S/c1-2-13-15(11(9-20-13)14(17)18)12(16)7-6-10-5-3-4-8-19-10/h10-11,13H,2-9H2,1H3,(H,17,18). The molecule has 2 fully saturated rings. The third-order valence-electron chi connectivity index (χ3n) is 3.97. The van der Waals surface area contributed by atoms with Crippen LogP contribution >= 0.6 is 11.8 Å². The normalized spacial score (nSPS) is 30.4. The van der Waals surface area contributed by atoms with Crippen molar-refractivity contribution in [3.05, 3.63) is 0 Å². The lowest BCUT2D eigenvalue weighted by Crippen LogP contribution is -2.45. The molecule has 2 saturated heterocycles. The van der Waals surface area contributed by atoms with E-state index in [0.29, 0.717) is 18.6 Å². The van der Waals surface area contributed by atoms with Gasteiger partial charge in [0.1, 0.15) is 6.04 Å². The van der Waals surface area contributed by atoms with Crippen molar-refractivity contribution in [2.75, 3.05) is 12.4 Å². The van der Waals surface area contributed by atoms with Gasteiger partial charge >= 0.3 is 5.97 Å². The Bertz CT molecular complexity index is 357. The molecule has 0 aliphatic carbocycles. The first-order chi connectivity index (χ1) is 9.63. The van der Waals surface area contributed by atoms with E-state index < -0.39 is 12.0 Å². The van der Waals surface area contributed by atoms with Crippen molar-refractivity contribution in [2.45, 2.75) is 63.0 Å². The van der Waals surface area contributed by atoms with Gasteiger partial charge in [-0.25, -0.2) is 4.79 Å². The molecular formula is C14H23NO4S. The van der Waals surface area contributed by atoms with Gasteiger partial charge in [0, 0.05) is 18.8 Å². The molecule has 1 N–H and O–H groups in total. The summed E-state index contributed by atoms with van der Waals surface area (Å²) in [5.41, 5.74) is 0. The Morgan fingerprint density at radius 3 is 2.80 bits per heavy atom. The minimum absolute atomic E-state index is 0.0101. The predicted octanol–water partition coefficient (Wildman–Crippen LogP) is 2.10. The lowest BCUT2D eigenvalue weighted by molar-refractivity contribution is -0.149. The van der Waals surface area contributed by atoms with Gasteiger partial charge in [0.2, 0.25) is 5.91 Å². The quantitative estimate of drug-likeness (QED) is 0.842. The van der Waals surface area contributed by atoms with E-state index in [2.05, 4.69) is 0 Å². The van der Waals surface area contributed by atoms with E-state index >= 15 is 0 Å². The molecule has 2 aliphatic rings. The summed E-state index contributed by atoms with van der Waals surface area (Å²) in [7, 11) is 0. The topological polar surface area (TPSA) is 66.8 Å². The number of rotatable bonds is 5. The lowest BCUT2D eigenvalue weighted by Gasteiger charge is -2.28. The van der Waals surface area contributed by atoms with Gasteiger partial charge in [0.05, 0.1) is 11.5 Å². The fourth-order valence-electron chi connectivity index (χ4n) is 2.85. The number of carbonyl (C=O) groups is 2. The van der Waals surface area contributed by atoms with Crippen molar-refractivity contribution in [3.63, 3.8) is 0 Å². The Labute approximate surface area is 124 Å². The summed E-state index contributed by atoms with van der Waals surface area (Å²) in [6, 6.07) is -0.662. The van der Waals surface area contributed by atoms with Crippen molar-refractivity contribution in [1.82, 2.24) is 4.90 Å². The Hall–Kier alpha value is -0.750. The van der Waals surface area contributed by atoms with Crippen molar-refractivity contribution < 1.29 is 19.4 Å². The molecule has 114 valence electrons. The molecule has 2 rings (SSSR count). The summed E-state index contributed by atoms with van der Waals surface area (Å²) >= 11 is 1.57. The van der Waals surface area contributed by atoms with Gasteiger partial charge in [-0.1, -0.05) is 6.92 Å². The SMILES string of the molecule is CCC1SCC(C(=O)O)N1C(=O)CCC1CCCCO1. The molecule has 0 aromatic heterocycles. The van der Waals surface area contributed by atoms with Crippen molar-refractivity contribution in [2.24, 2.45) is 0 Å². The van der Waals surface area contributed by atoms with Gasteiger partial charge < -0.3 is 14.7 Å². The highest BCUT2D eigenvalue weighted by molar-refractivity contribution is 8.00. The van der Waals surface area contributed by atoms with Crippen LogP contribution < -0.4 is 0 Å². The highest BCUT2D eigenvalue weighted by Gasteiger charge is 2.40. The van der Waals surface area contributed by atoms with E-state index in [1.165, 1.54) is 0 Å². The number of hydrogen-bond acceptors (Lipinski definition) is 4. The number of carboxylic acids is 1. The van der Waals surface area contributed by atoms with E-state index in [9.17, 15) is 14.7 Å². The second kappa shape index (κ2) is 7.31. The monoisotopic (exact) mass is 301 g/mol. The maximum Gasteiger partial charge on any atom is 0.327 e. The van der Waals surface area contributed by atoms with Crippen LogP contribution in [0.15, 0.2) is 0 Å². The van der Waals surface area contributed by atoms with Crippen LogP contribution in [0.3, 0.4) is 0 Å². The van der Waals surface area contributed by atoms with Crippen molar-refractivity contribution >= 4 is 23.6 Å². The number of hydrogen-bond donors (Lipinski definition) is 1. The third-order valence-corrected chi connectivity index (χ3v) is 5.42. The molecule has 3 unspecified atom stereocenters. The highest BCUT2D eigenvalue weighted by atomic mass is 32.2. The van der Waals surface area contributed by atoms with E-state index in [4.69, 9.17) is 4.74 Å². The smallest absolute Gasteiger partial charge is 0.327 e. The lowest BCUT2D eigenvalue weighted by atomic mass is 10.0. The summed E-state index contributed by atoms with van der Waals surface area (Å²) in [6.07, 6.45) is 5.35.